The van der Waals surface area contributed by atoms with Crippen LogP contribution >= 0.6 is 0 Å². The summed E-state index contributed by atoms with van der Waals surface area (Å²) in [5.41, 5.74) is 6.41. The molecule has 106 valence electrons. The van der Waals surface area contributed by atoms with Gasteiger partial charge in [-0.15, -0.1) is 0 Å². The molecule has 2 aromatic heterocycles. The third-order valence-corrected chi connectivity index (χ3v) is 2.74. The average Bonchev–Trinajstić information content (AvgIpc) is 2.81. The second kappa shape index (κ2) is 6.16. The van der Waals surface area contributed by atoms with Crippen LogP contribution in [0, 0.1) is 0 Å². The van der Waals surface area contributed by atoms with E-state index in [1.807, 2.05) is 6.92 Å². The van der Waals surface area contributed by atoms with Crippen LogP contribution in [0.5, 0.6) is 5.88 Å². The Morgan fingerprint density at radius 2 is 2.40 bits per heavy atom. The van der Waals surface area contributed by atoms with Gasteiger partial charge in [0.1, 0.15) is 12.0 Å². The van der Waals surface area contributed by atoms with Crippen molar-refractivity contribution in [3.8, 4) is 5.88 Å². The fourth-order valence-corrected chi connectivity index (χ4v) is 1.78. The second-order valence-electron chi connectivity index (χ2n) is 4.32. The summed E-state index contributed by atoms with van der Waals surface area (Å²) in [6.45, 7) is 1.88. The molecule has 1 atom stereocenters. The van der Waals surface area contributed by atoms with Crippen molar-refractivity contribution in [2.24, 2.45) is 5.73 Å². The lowest BCUT2D eigenvalue weighted by Gasteiger charge is -2.13. The summed E-state index contributed by atoms with van der Waals surface area (Å²) in [7, 11) is 0. The lowest BCUT2D eigenvalue weighted by atomic mass is 10.2. The molecular weight excluding hydrogens is 260 g/mol. The molecule has 0 saturated heterocycles. The van der Waals surface area contributed by atoms with E-state index in [9.17, 15) is 4.79 Å². The Hall–Kier alpha value is -2.41. The highest BCUT2D eigenvalue weighted by atomic mass is 16.5. The molecule has 0 aliphatic heterocycles. The number of aliphatic hydroxyl groups is 1. The Bertz CT molecular complexity index is 636. The standard InChI is InChI=1S/C13H16N4O3/c1-8(4-5-18)20-13-11-9(2-3-10(14)19)6-15-12(11)16-7-17-13/h2-3,6-8,18H,4-5H2,1H3,(H2,14,19)(H,15,16,17)/b3-2+. The average molecular weight is 276 g/mol. The van der Waals surface area contributed by atoms with E-state index in [0.717, 1.165) is 0 Å². The summed E-state index contributed by atoms with van der Waals surface area (Å²) in [4.78, 5) is 22.0. The van der Waals surface area contributed by atoms with Crippen LogP contribution in [-0.4, -0.2) is 38.7 Å². The molecule has 7 heteroatoms. The lowest BCUT2D eigenvalue weighted by molar-refractivity contribution is -0.113. The molecule has 0 aliphatic rings. The Morgan fingerprint density at radius 1 is 1.60 bits per heavy atom. The van der Waals surface area contributed by atoms with Crippen LogP contribution in [0.3, 0.4) is 0 Å². The molecule has 7 nitrogen and oxygen atoms in total. The maximum absolute atomic E-state index is 10.8. The normalized spacial score (nSPS) is 12.9. The van der Waals surface area contributed by atoms with Gasteiger partial charge in [-0.1, -0.05) is 0 Å². The number of amides is 1. The Kier molecular flexibility index (Phi) is 4.31. The minimum Gasteiger partial charge on any atom is -0.474 e. The van der Waals surface area contributed by atoms with Gasteiger partial charge in [-0.3, -0.25) is 4.79 Å². The number of ether oxygens (including phenoxy) is 1. The SMILES string of the molecule is CC(CCO)Oc1ncnc2[nH]cc(/C=C/C(N)=O)c12. The van der Waals surface area contributed by atoms with E-state index in [4.69, 9.17) is 15.6 Å². The summed E-state index contributed by atoms with van der Waals surface area (Å²) < 4.78 is 5.69. The largest absolute Gasteiger partial charge is 0.474 e. The van der Waals surface area contributed by atoms with E-state index in [1.165, 1.54) is 12.4 Å². The quantitative estimate of drug-likeness (QED) is 0.669. The van der Waals surface area contributed by atoms with Crippen LogP contribution in [0.15, 0.2) is 18.6 Å². The number of nitrogens with one attached hydrogen (secondary N) is 1. The number of primary amides is 1. The van der Waals surface area contributed by atoms with Crippen molar-refractivity contribution >= 4 is 23.0 Å². The number of carbonyl (C=O) groups excluding carboxylic acids is 1. The van der Waals surface area contributed by atoms with Gasteiger partial charge in [0.05, 0.1) is 11.5 Å². The summed E-state index contributed by atoms with van der Waals surface area (Å²) in [5, 5.41) is 9.58. The first-order valence-electron chi connectivity index (χ1n) is 6.19. The van der Waals surface area contributed by atoms with Gasteiger partial charge in [0.25, 0.3) is 0 Å². The van der Waals surface area contributed by atoms with Crippen LogP contribution in [0.4, 0.5) is 0 Å². The highest BCUT2D eigenvalue weighted by molar-refractivity contribution is 5.96. The van der Waals surface area contributed by atoms with Crippen molar-refractivity contribution < 1.29 is 14.6 Å². The minimum atomic E-state index is -0.535. The number of aromatic nitrogens is 3. The molecule has 1 amide bonds. The number of aromatic amines is 1. The van der Waals surface area contributed by atoms with Gasteiger partial charge >= 0.3 is 0 Å². The number of carbonyl (C=O) groups is 1. The number of nitrogens with zero attached hydrogens (tertiary/aromatic N) is 2. The predicted octanol–water partition coefficient (Wildman–Crippen LogP) is 0.606. The molecule has 1 unspecified atom stereocenters. The third kappa shape index (κ3) is 3.12. The molecular formula is C13H16N4O3. The highest BCUT2D eigenvalue weighted by Gasteiger charge is 2.13. The minimum absolute atomic E-state index is 0.0387. The summed E-state index contributed by atoms with van der Waals surface area (Å²) in [6, 6.07) is 0. The summed E-state index contributed by atoms with van der Waals surface area (Å²) in [6.07, 6.45) is 6.25. The van der Waals surface area contributed by atoms with Gasteiger partial charge in [-0.2, -0.15) is 0 Å². The van der Waals surface area contributed by atoms with E-state index in [1.54, 1.807) is 12.3 Å². The zero-order valence-corrected chi connectivity index (χ0v) is 11.0. The number of fused-ring (bicyclic) bond motifs is 1. The monoisotopic (exact) mass is 276 g/mol. The molecule has 0 fully saturated rings. The second-order valence-corrected chi connectivity index (χ2v) is 4.32. The lowest BCUT2D eigenvalue weighted by Crippen LogP contribution is -2.14. The van der Waals surface area contributed by atoms with E-state index < -0.39 is 5.91 Å². The van der Waals surface area contributed by atoms with Crippen molar-refractivity contribution in [3.05, 3.63) is 24.2 Å². The van der Waals surface area contributed by atoms with E-state index in [-0.39, 0.29) is 12.7 Å². The van der Waals surface area contributed by atoms with Gasteiger partial charge in [-0.25, -0.2) is 9.97 Å². The van der Waals surface area contributed by atoms with E-state index in [0.29, 0.717) is 28.9 Å². The van der Waals surface area contributed by atoms with Crippen LogP contribution in [0.2, 0.25) is 0 Å². The number of H-pyrrole nitrogens is 1. The zero-order chi connectivity index (χ0) is 14.5. The molecule has 0 saturated carbocycles. The molecule has 2 rings (SSSR count). The highest BCUT2D eigenvalue weighted by Crippen LogP contribution is 2.27. The number of aliphatic hydroxyl groups excluding tert-OH is 1. The van der Waals surface area contributed by atoms with Crippen LogP contribution < -0.4 is 10.5 Å². The third-order valence-electron chi connectivity index (χ3n) is 2.74. The molecule has 0 aromatic carbocycles. The molecule has 0 bridgehead atoms. The topological polar surface area (TPSA) is 114 Å². The number of hydrogen-bond donors (Lipinski definition) is 3. The number of rotatable bonds is 6. The van der Waals surface area contributed by atoms with Gasteiger partial charge in [0, 0.05) is 30.9 Å². The predicted molar refractivity (Wildman–Crippen MR) is 73.9 cm³/mol. The van der Waals surface area contributed by atoms with Crippen molar-refractivity contribution in [2.75, 3.05) is 6.61 Å². The first-order valence-corrected chi connectivity index (χ1v) is 6.19. The molecule has 2 heterocycles. The van der Waals surface area contributed by atoms with E-state index >= 15 is 0 Å². The molecule has 2 aromatic rings. The van der Waals surface area contributed by atoms with Crippen molar-refractivity contribution in [2.45, 2.75) is 19.4 Å². The molecule has 4 N–H and O–H groups in total. The zero-order valence-electron chi connectivity index (χ0n) is 11.0. The maximum Gasteiger partial charge on any atom is 0.241 e. The van der Waals surface area contributed by atoms with Gasteiger partial charge in [0.15, 0.2) is 0 Å². The van der Waals surface area contributed by atoms with Crippen LogP contribution in [-0.2, 0) is 4.79 Å². The van der Waals surface area contributed by atoms with Crippen molar-refractivity contribution in [1.82, 2.24) is 15.0 Å². The smallest absolute Gasteiger partial charge is 0.241 e. The first kappa shape index (κ1) is 14.0. The van der Waals surface area contributed by atoms with Gasteiger partial charge in [0.2, 0.25) is 11.8 Å². The van der Waals surface area contributed by atoms with Crippen molar-refractivity contribution in [3.63, 3.8) is 0 Å². The summed E-state index contributed by atoms with van der Waals surface area (Å²) >= 11 is 0. The molecule has 0 spiro atoms. The van der Waals surface area contributed by atoms with Crippen LogP contribution in [0.1, 0.15) is 18.9 Å². The fraction of sp³-hybridized carbons (Fsp3) is 0.308. The van der Waals surface area contributed by atoms with Crippen molar-refractivity contribution in [1.29, 1.82) is 0 Å². The Balaban J connectivity index is 2.38. The Morgan fingerprint density at radius 3 is 3.10 bits per heavy atom. The van der Waals surface area contributed by atoms with Crippen LogP contribution in [0.25, 0.3) is 17.1 Å². The number of nitrogens with two attached hydrogens (primary N) is 1. The molecule has 0 aliphatic carbocycles. The van der Waals surface area contributed by atoms with E-state index in [2.05, 4.69) is 15.0 Å². The molecule has 0 radical (unpaired) electrons. The fourth-order valence-electron chi connectivity index (χ4n) is 1.78. The maximum atomic E-state index is 10.8. The summed E-state index contributed by atoms with van der Waals surface area (Å²) in [5.74, 6) is -0.131. The Labute approximate surface area is 115 Å². The number of hydrogen-bond acceptors (Lipinski definition) is 5. The van der Waals surface area contributed by atoms with Gasteiger partial charge < -0.3 is 20.6 Å². The molecule has 20 heavy (non-hydrogen) atoms. The van der Waals surface area contributed by atoms with Gasteiger partial charge in [-0.05, 0) is 13.0 Å². The first-order chi connectivity index (χ1) is 9.61.